The van der Waals surface area contributed by atoms with Gasteiger partial charge in [0.25, 0.3) is 5.91 Å². The number of aromatic carboxylic acids is 1. The smallest absolute Gasteiger partial charge is 0.408 e. The highest BCUT2D eigenvalue weighted by molar-refractivity contribution is 6.07. The quantitative estimate of drug-likeness (QED) is 0.0374. The van der Waals surface area contributed by atoms with Crippen LogP contribution in [0.1, 0.15) is 112 Å². The molecule has 6 N–H and O–H groups in total. The van der Waals surface area contributed by atoms with Gasteiger partial charge in [-0.2, -0.15) is 0 Å². The number of hydrogen-bond acceptors (Lipinski definition) is 14. The molecular formula is C50H58N2O14-2. The fourth-order valence-corrected chi connectivity index (χ4v) is 8.12. The van der Waals surface area contributed by atoms with Gasteiger partial charge in [-0.05, 0) is 53.9 Å². The molecule has 3 aromatic carbocycles. The maximum atomic E-state index is 13.7. The minimum absolute atomic E-state index is 0.131. The predicted octanol–water partition coefficient (Wildman–Crippen LogP) is 4.97. The van der Waals surface area contributed by atoms with Crippen molar-refractivity contribution in [3.05, 3.63) is 106 Å². The number of aliphatic hydroxyl groups is 4. The molecule has 2 heterocycles. The fraction of sp³-hybridized carbons (Fsp3) is 0.440. The molecule has 3 aromatic rings. The van der Waals surface area contributed by atoms with Crippen LogP contribution in [-0.2, 0) is 20.8 Å². The minimum atomic E-state index is -1.65. The summed E-state index contributed by atoms with van der Waals surface area (Å²) in [7, 11) is 0. The normalized spacial score (nSPS) is 18.8. The summed E-state index contributed by atoms with van der Waals surface area (Å²) in [5, 5.41) is 71.0. The molecule has 0 saturated carbocycles. The van der Waals surface area contributed by atoms with E-state index in [1.807, 2.05) is 0 Å². The van der Waals surface area contributed by atoms with Gasteiger partial charge in [0.05, 0.1) is 12.6 Å². The average molecular weight is 911 g/mol. The molecule has 16 nitrogen and oxygen atoms in total. The molecule has 1 saturated heterocycles. The Balaban J connectivity index is 1.12. The Morgan fingerprint density at radius 2 is 1.42 bits per heavy atom. The van der Waals surface area contributed by atoms with Crippen molar-refractivity contribution >= 4 is 28.9 Å². The summed E-state index contributed by atoms with van der Waals surface area (Å²) < 4.78 is 22.7. The first-order chi connectivity index (χ1) is 31.9. The molecule has 6 atom stereocenters. The topological polar surface area (TPSA) is 260 Å². The summed E-state index contributed by atoms with van der Waals surface area (Å²) in [6, 6.07) is 18.4. The molecule has 354 valence electrons. The molecule has 3 unspecified atom stereocenters. The van der Waals surface area contributed by atoms with E-state index in [1.165, 1.54) is 124 Å². The number of rotatable bonds is 23. The molecule has 0 aromatic heterocycles. The maximum absolute atomic E-state index is 13.7. The van der Waals surface area contributed by atoms with Gasteiger partial charge in [0.1, 0.15) is 41.5 Å². The van der Waals surface area contributed by atoms with E-state index in [1.54, 1.807) is 6.07 Å². The van der Waals surface area contributed by atoms with Crippen LogP contribution < -0.4 is 31.0 Å². The molecule has 0 spiro atoms. The van der Waals surface area contributed by atoms with Gasteiger partial charge in [0.2, 0.25) is 12.4 Å². The van der Waals surface area contributed by atoms with E-state index < -0.39 is 61.4 Å². The highest BCUT2D eigenvalue weighted by atomic mass is 16.7. The standard InChI is InChI=1S/C50H60N2O14/c1-2-3-4-5-6-7-8-9-10-11-12-13-24-51-47(59)46(31-15-19-34(20-16-31)63-49-45(58)44(57)43(56)41(29-53)65-49)66-50(62)52-28-30-14-21-35(38(25-30)48(60)61)42-36-22-17-32(54)26-39(36)64-40-27-33(55)18-23-37(40)42/h14-23,25-27,41,43-46,49,53-54,56-58H,2-13,24,28-29H2,1H3,(H,51,59)(H,52,62)(H,60,61)/p-2/t41?,43-,44-,45?,46?,49+/m0/s1. The van der Waals surface area contributed by atoms with Gasteiger partial charge in [0, 0.05) is 46.8 Å². The van der Waals surface area contributed by atoms with Crippen LogP contribution in [0.3, 0.4) is 0 Å². The van der Waals surface area contributed by atoms with E-state index in [9.17, 15) is 49.8 Å². The van der Waals surface area contributed by atoms with Gasteiger partial charge < -0.3 is 64.7 Å². The molecule has 0 radical (unpaired) electrons. The number of fused-ring (bicyclic) bond motifs is 2. The number of ether oxygens (including phenoxy) is 3. The molecule has 0 bridgehead atoms. The summed E-state index contributed by atoms with van der Waals surface area (Å²) in [6.45, 7) is 1.69. The van der Waals surface area contributed by atoms with Crippen LogP contribution in [0.4, 0.5) is 4.79 Å². The third-order valence-electron chi connectivity index (χ3n) is 11.8. The zero-order chi connectivity index (χ0) is 47.2. The fourth-order valence-electron chi connectivity index (χ4n) is 8.12. The molecule has 16 heteroatoms. The third-order valence-corrected chi connectivity index (χ3v) is 11.8. The van der Waals surface area contributed by atoms with Crippen molar-refractivity contribution in [1.29, 1.82) is 0 Å². The van der Waals surface area contributed by atoms with Crippen LogP contribution in [0.15, 0.2) is 88.1 Å². The van der Waals surface area contributed by atoms with Gasteiger partial charge in [-0.1, -0.05) is 114 Å². The molecule has 66 heavy (non-hydrogen) atoms. The van der Waals surface area contributed by atoms with Gasteiger partial charge in [0.15, 0.2) is 5.43 Å². The van der Waals surface area contributed by atoms with E-state index in [0.717, 1.165) is 19.3 Å². The number of unbranched alkanes of at least 4 members (excludes halogenated alkanes) is 11. The molecule has 3 aliphatic rings. The number of benzene rings is 4. The number of carboxylic acids is 1. The van der Waals surface area contributed by atoms with E-state index in [4.69, 9.17) is 18.6 Å². The molecule has 1 fully saturated rings. The second-order valence-corrected chi connectivity index (χ2v) is 16.7. The van der Waals surface area contributed by atoms with Crippen molar-refractivity contribution < 1.29 is 63.7 Å². The van der Waals surface area contributed by atoms with E-state index >= 15 is 0 Å². The maximum Gasteiger partial charge on any atom is 0.408 e. The number of aliphatic hydroxyl groups excluding tert-OH is 4. The number of carbonyl (C=O) groups is 3. The lowest BCUT2D eigenvalue weighted by Gasteiger charge is -2.39. The minimum Gasteiger partial charge on any atom is -0.872 e. The molecule has 2 aliphatic heterocycles. The highest BCUT2D eigenvalue weighted by Gasteiger charge is 2.44. The predicted molar refractivity (Wildman–Crippen MR) is 239 cm³/mol. The van der Waals surface area contributed by atoms with Crippen LogP contribution in [0, 0.1) is 0 Å². The van der Waals surface area contributed by atoms with Crippen LogP contribution in [0.25, 0.3) is 33.4 Å². The Hall–Kier alpha value is -6.04. The highest BCUT2D eigenvalue weighted by Crippen LogP contribution is 2.42. The van der Waals surface area contributed by atoms with Crippen molar-refractivity contribution in [3.8, 4) is 33.9 Å². The van der Waals surface area contributed by atoms with Crippen LogP contribution in [0.5, 0.6) is 11.5 Å². The third kappa shape index (κ3) is 12.9. The van der Waals surface area contributed by atoms with Crippen molar-refractivity contribution in [1.82, 2.24) is 10.6 Å². The van der Waals surface area contributed by atoms with Crippen molar-refractivity contribution in [3.63, 3.8) is 0 Å². The number of amides is 2. The summed E-state index contributed by atoms with van der Waals surface area (Å²) in [5.41, 5.74) is 1.20. The van der Waals surface area contributed by atoms with Crippen molar-refractivity contribution in [2.24, 2.45) is 0 Å². The van der Waals surface area contributed by atoms with Gasteiger partial charge in [-0.3, -0.25) is 9.59 Å². The van der Waals surface area contributed by atoms with Gasteiger partial charge in [-0.25, -0.2) is 4.79 Å². The van der Waals surface area contributed by atoms with E-state index in [0.29, 0.717) is 35.0 Å². The molecule has 1 aliphatic carbocycles. The van der Waals surface area contributed by atoms with E-state index in [-0.39, 0.29) is 51.5 Å². The lowest BCUT2D eigenvalue weighted by atomic mass is 9.90. The largest absolute Gasteiger partial charge is 0.872 e. The van der Waals surface area contributed by atoms with Gasteiger partial charge >= 0.3 is 6.09 Å². The first-order valence-electron chi connectivity index (χ1n) is 22.7. The summed E-state index contributed by atoms with van der Waals surface area (Å²) in [5.74, 6) is -2.19. The summed E-state index contributed by atoms with van der Waals surface area (Å²) in [6.07, 6.45) is 3.86. The summed E-state index contributed by atoms with van der Waals surface area (Å²) >= 11 is 0. The van der Waals surface area contributed by atoms with Crippen LogP contribution in [0.2, 0.25) is 0 Å². The van der Waals surface area contributed by atoms with Crippen molar-refractivity contribution in [2.45, 2.75) is 127 Å². The second-order valence-electron chi connectivity index (χ2n) is 16.7. The zero-order valence-electron chi connectivity index (χ0n) is 36.9. The molecule has 6 rings (SSSR count). The second kappa shape index (κ2) is 23.9. The number of nitrogens with one attached hydrogen (secondary N) is 2. The monoisotopic (exact) mass is 910 g/mol. The Kier molecular flexibility index (Phi) is 17.9. The van der Waals surface area contributed by atoms with Crippen LogP contribution in [-0.4, -0.2) is 82.3 Å². The zero-order valence-corrected chi connectivity index (χ0v) is 36.9. The Bertz CT molecular complexity index is 2420. The Morgan fingerprint density at radius 3 is 2.09 bits per heavy atom. The summed E-state index contributed by atoms with van der Waals surface area (Å²) in [4.78, 5) is 51.9. The Morgan fingerprint density at radius 1 is 0.758 bits per heavy atom. The first-order valence-corrected chi connectivity index (χ1v) is 22.7. The number of hydrogen-bond donors (Lipinski definition) is 6. The SMILES string of the molecule is CCCCCCCCCCCCCCNC(=O)C(OC(=O)NCc1ccc(-c2c3ccc(=O)cc-3oc3cc([O-])ccc23)c(C(=O)[O-])c1)c1ccc(O[C@@H]2OC(CO)[C@H](O)[C@H](O)C2O)cc1. The first kappa shape index (κ1) is 49.4. The Labute approximate surface area is 382 Å². The van der Waals surface area contributed by atoms with Gasteiger partial charge in [-0.15, -0.1) is 5.75 Å². The van der Waals surface area contributed by atoms with E-state index in [2.05, 4.69) is 17.6 Å². The number of carboxylic acid groups (broad SMARTS) is 1. The molecule has 2 amide bonds. The van der Waals surface area contributed by atoms with Crippen LogP contribution >= 0.6 is 0 Å². The molecular weight excluding hydrogens is 853 g/mol. The lowest BCUT2D eigenvalue weighted by molar-refractivity contribution is -0.277. The average Bonchev–Trinajstić information content (AvgIpc) is 3.31. The van der Waals surface area contributed by atoms with Crippen molar-refractivity contribution in [2.75, 3.05) is 13.2 Å². The lowest BCUT2D eigenvalue weighted by Crippen LogP contribution is -2.60. The number of carbonyl (C=O) groups excluding carboxylic acids is 3. The number of alkyl carbamates (subject to hydrolysis) is 1.